The molecule has 7 nitrogen and oxygen atoms in total. The van der Waals surface area contributed by atoms with Crippen LogP contribution in [-0.2, 0) is 6.54 Å². The number of methoxy groups -OCH3 is 1. The van der Waals surface area contributed by atoms with Crippen LogP contribution in [0.25, 0.3) is 16.9 Å². The Morgan fingerprint density at radius 1 is 1.03 bits per heavy atom. The van der Waals surface area contributed by atoms with Crippen molar-refractivity contribution >= 4 is 11.2 Å². The molecular formula is C22H20N4O3. The molecule has 146 valence electrons. The Kier molecular flexibility index (Phi) is 4.08. The normalized spacial score (nSPS) is 13.7. The fraction of sp³-hybridized carbons (Fsp3) is 0.227. The van der Waals surface area contributed by atoms with E-state index in [0.717, 1.165) is 24.2 Å². The highest BCUT2D eigenvalue weighted by Gasteiger charge is 2.30. The molecule has 5 rings (SSSR count). The SMILES string of the molecule is COc1ccc(Cn2cnc3c2c(=O)n(C2CC2)c(=O)n3-c2ccccc2)cc1. The molecule has 1 aliphatic rings. The summed E-state index contributed by atoms with van der Waals surface area (Å²) in [5.41, 5.74) is 1.94. The number of benzene rings is 2. The third-order valence-corrected chi connectivity index (χ3v) is 5.29. The van der Waals surface area contributed by atoms with Crippen molar-refractivity contribution < 1.29 is 4.74 Å². The van der Waals surface area contributed by atoms with Gasteiger partial charge in [0.1, 0.15) is 5.75 Å². The molecule has 2 heterocycles. The first-order valence-corrected chi connectivity index (χ1v) is 9.58. The summed E-state index contributed by atoms with van der Waals surface area (Å²) in [5.74, 6) is 0.776. The van der Waals surface area contributed by atoms with Gasteiger partial charge in [-0.25, -0.2) is 14.3 Å². The summed E-state index contributed by atoms with van der Waals surface area (Å²) in [6, 6.07) is 17.0. The van der Waals surface area contributed by atoms with E-state index < -0.39 is 0 Å². The maximum absolute atomic E-state index is 13.3. The number of nitrogens with zero attached hydrogens (tertiary/aromatic N) is 4. The Morgan fingerprint density at radius 2 is 1.76 bits per heavy atom. The highest BCUT2D eigenvalue weighted by Crippen LogP contribution is 2.32. The number of rotatable bonds is 5. The van der Waals surface area contributed by atoms with Crippen molar-refractivity contribution in [2.24, 2.45) is 0 Å². The van der Waals surface area contributed by atoms with Crippen LogP contribution in [0.5, 0.6) is 5.75 Å². The lowest BCUT2D eigenvalue weighted by molar-refractivity contribution is 0.414. The van der Waals surface area contributed by atoms with Gasteiger partial charge in [0.15, 0.2) is 11.2 Å². The molecule has 4 aromatic rings. The fourth-order valence-corrected chi connectivity index (χ4v) is 3.67. The van der Waals surface area contributed by atoms with Crippen molar-refractivity contribution in [3.63, 3.8) is 0 Å². The minimum absolute atomic E-state index is 0.0290. The molecular weight excluding hydrogens is 368 g/mol. The molecule has 0 N–H and O–H groups in total. The molecule has 0 unspecified atom stereocenters. The minimum Gasteiger partial charge on any atom is -0.497 e. The van der Waals surface area contributed by atoms with Gasteiger partial charge in [-0.3, -0.25) is 9.36 Å². The predicted octanol–water partition coefficient (Wildman–Crippen LogP) is 2.74. The first-order chi connectivity index (χ1) is 14.2. The van der Waals surface area contributed by atoms with Gasteiger partial charge in [-0.05, 0) is 42.7 Å². The van der Waals surface area contributed by atoms with Crippen LogP contribution in [-0.4, -0.2) is 25.8 Å². The topological polar surface area (TPSA) is 71.1 Å². The van der Waals surface area contributed by atoms with Crippen molar-refractivity contribution in [3.8, 4) is 11.4 Å². The van der Waals surface area contributed by atoms with Gasteiger partial charge in [0.25, 0.3) is 5.56 Å². The molecule has 0 aliphatic heterocycles. The average Bonchev–Trinajstić information content (AvgIpc) is 3.49. The van der Waals surface area contributed by atoms with E-state index in [-0.39, 0.29) is 17.3 Å². The molecule has 1 fully saturated rings. The van der Waals surface area contributed by atoms with E-state index in [1.807, 2.05) is 59.2 Å². The molecule has 2 aromatic heterocycles. The van der Waals surface area contributed by atoms with E-state index in [2.05, 4.69) is 4.98 Å². The number of ether oxygens (including phenoxy) is 1. The molecule has 7 heteroatoms. The van der Waals surface area contributed by atoms with Crippen molar-refractivity contribution in [1.82, 2.24) is 18.7 Å². The molecule has 1 saturated carbocycles. The molecule has 0 radical (unpaired) electrons. The van der Waals surface area contributed by atoms with Gasteiger partial charge in [0.2, 0.25) is 0 Å². The van der Waals surface area contributed by atoms with E-state index in [9.17, 15) is 9.59 Å². The highest BCUT2D eigenvalue weighted by atomic mass is 16.5. The van der Waals surface area contributed by atoms with Crippen LogP contribution in [0.4, 0.5) is 0 Å². The summed E-state index contributed by atoms with van der Waals surface area (Å²) >= 11 is 0. The van der Waals surface area contributed by atoms with Crippen molar-refractivity contribution in [3.05, 3.63) is 87.3 Å². The molecule has 0 spiro atoms. The third-order valence-electron chi connectivity index (χ3n) is 5.29. The Bertz CT molecular complexity index is 1300. The van der Waals surface area contributed by atoms with Crippen LogP contribution >= 0.6 is 0 Å². The summed E-state index contributed by atoms with van der Waals surface area (Å²) in [6.07, 6.45) is 3.33. The molecule has 1 aliphatic carbocycles. The van der Waals surface area contributed by atoms with Crippen molar-refractivity contribution in [1.29, 1.82) is 0 Å². The van der Waals surface area contributed by atoms with Gasteiger partial charge in [-0.2, -0.15) is 0 Å². The summed E-state index contributed by atoms with van der Waals surface area (Å²) in [7, 11) is 1.63. The van der Waals surface area contributed by atoms with Gasteiger partial charge in [0, 0.05) is 12.6 Å². The Labute approximate surface area is 166 Å². The number of aromatic nitrogens is 4. The molecule has 0 atom stereocenters. The zero-order chi connectivity index (χ0) is 20.0. The largest absolute Gasteiger partial charge is 0.497 e. The summed E-state index contributed by atoms with van der Waals surface area (Å²) in [4.78, 5) is 30.9. The molecule has 0 saturated heterocycles. The van der Waals surface area contributed by atoms with Gasteiger partial charge < -0.3 is 9.30 Å². The molecule has 29 heavy (non-hydrogen) atoms. The number of hydrogen-bond donors (Lipinski definition) is 0. The van der Waals surface area contributed by atoms with Gasteiger partial charge in [-0.1, -0.05) is 30.3 Å². The monoisotopic (exact) mass is 388 g/mol. The highest BCUT2D eigenvalue weighted by molar-refractivity contribution is 5.72. The second-order valence-electron chi connectivity index (χ2n) is 7.25. The zero-order valence-corrected chi connectivity index (χ0v) is 16.0. The number of hydrogen-bond acceptors (Lipinski definition) is 4. The lowest BCUT2D eigenvalue weighted by Crippen LogP contribution is -2.39. The molecule has 0 bridgehead atoms. The Morgan fingerprint density at radius 3 is 2.41 bits per heavy atom. The van der Waals surface area contributed by atoms with Gasteiger partial charge in [-0.15, -0.1) is 0 Å². The quantitative estimate of drug-likeness (QED) is 0.527. The first kappa shape index (κ1) is 17.5. The van der Waals surface area contributed by atoms with E-state index in [4.69, 9.17) is 4.74 Å². The Hall–Kier alpha value is -3.61. The maximum atomic E-state index is 13.3. The minimum atomic E-state index is -0.328. The first-order valence-electron chi connectivity index (χ1n) is 9.58. The summed E-state index contributed by atoms with van der Waals surface area (Å²) in [5, 5.41) is 0. The van der Waals surface area contributed by atoms with Crippen LogP contribution in [0.2, 0.25) is 0 Å². The van der Waals surface area contributed by atoms with E-state index >= 15 is 0 Å². The lowest BCUT2D eigenvalue weighted by Gasteiger charge is -2.12. The standard InChI is InChI=1S/C22H20N4O3/c1-29-18-11-7-15(8-12-18)13-24-14-23-20-19(24)21(27)26(17-9-10-17)22(28)25(20)16-5-3-2-4-6-16/h2-8,11-12,14,17H,9-10,13H2,1H3. The fourth-order valence-electron chi connectivity index (χ4n) is 3.67. The smallest absolute Gasteiger partial charge is 0.337 e. The van der Waals surface area contributed by atoms with Crippen LogP contribution in [0.1, 0.15) is 24.4 Å². The lowest BCUT2D eigenvalue weighted by atomic mass is 10.2. The second-order valence-corrected chi connectivity index (χ2v) is 7.25. The Balaban J connectivity index is 1.72. The third kappa shape index (κ3) is 2.95. The summed E-state index contributed by atoms with van der Waals surface area (Å²) in [6.45, 7) is 0.480. The number of fused-ring (bicyclic) bond motifs is 1. The van der Waals surface area contributed by atoms with E-state index in [0.29, 0.717) is 23.4 Å². The van der Waals surface area contributed by atoms with Crippen molar-refractivity contribution in [2.45, 2.75) is 25.4 Å². The second kappa shape index (κ2) is 6.77. The maximum Gasteiger partial charge on any atom is 0.337 e. The van der Waals surface area contributed by atoms with Crippen molar-refractivity contribution in [2.75, 3.05) is 7.11 Å². The average molecular weight is 388 g/mol. The molecule has 0 amide bonds. The number of para-hydroxylation sites is 1. The van der Waals surface area contributed by atoms with E-state index in [1.54, 1.807) is 18.0 Å². The van der Waals surface area contributed by atoms with Gasteiger partial charge in [0.05, 0.1) is 19.1 Å². The number of imidazole rings is 1. The predicted molar refractivity (Wildman–Crippen MR) is 110 cm³/mol. The van der Waals surface area contributed by atoms with Crippen LogP contribution in [0.3, 0.4) is 0 Å². The summed E-state index contributed by atoms with van der Waals surface area (Å²) < 4.78 is 9.96. The van der Waals surface area contributed by atoms with Crippen LogP contribution in [0, 0.1) is 0 Å². The van der Waals surface area contributed by atoms with Gasteiger partial charge >= 0.3 is 5.69 Å². The zero-order valence-electron chi connectivity index (χ0n) is 16.0. The van der Waals surface area contributed by atoms with Crippen LogP contribution in [0.15, 0.2) is 70.5 Å². The van der Waals surface area contributed by atoms with E-state index in [1.165, 1.54) is 4.57 Å². The molecule has 2 aromatic carbocycles. The van der Waals surface area contributed by atoms with Crippen LogP contribution < -0.4 is 16.0 Å².